The molecule has 2 heterocycles. The average Bonchev–Trinajstić information content (AvgIpc) is 2.65. The highest BCUT2D eigenvalue weighted by molar-refractivity contribution is 6.07. The summed E-state index contributed by atoms with van der Waals surface area (Å²) in [5.74, 6) is 0. The van der Waals surface area contributed by atoms with Gasteiger partial charge in [0.25, 0.3) is 0 Å². The van der Waals surface area contributed by atoms with Gasteiger partial charge in [0.05, 0.1) is 0 Å². The van der Waals surface area contributed by atoms with Crippen LogP contribution in [-0.2, 0) is 0 Å². The average molecular weight is 211 g/mol. The Morgan fingerprint density at radius 1 is 1.00 bits per heavy atom. The molecule has 0 bridgehead atoms. The molecule has 16 heavy (non-hydrogen) atoms. The van der Waals surface area contributed by atoms with Crippen molar-refractivity contribution in [3.8, 4) is 0 Å². The first kappa shape index (κ1) is 9.40. The summed E-state index contributed by atoms with van der Waals surface area (Å²) in [7, 11) is 0. The predicted molar refractivity (Wildman–Crippen MR) is 65.7 cm³/mol. The van der Waals surface area contributed by atoms with Crippen LogP contribution in [0.4, 0.5) is 0 Å². The molecule has 0 aliphatic carbocycles. The molecule has 1 aromatic carbocycles. The lowest BCUT2D eigenvalue weighted by atomic mass is 10.1. The van der Waals surface area contributed by atoms with Gasteiger partial charge < -0.3 is 4.42 Å². The molecule has 0 aliphatic heterocycles. The van der Waals surface area contributed by atoms with Crippen molar-refractivity contribution < 1.29 is 4.42 Å². The number of fused-ring (bicyclic) bond motifs is 3. The molecule has 2 aromatic heterocycles. The molecule has 0 N–H and O–H groups in total. The van der Waals surface area contributed by atoms with E-state index in [-0.39, 0.29) is 0 Å². The van der Waals surface area contributed by atoms with Crippen LogP contribution >= 0.6 is 0 Å². The van der Waals surface area contributed by atoms with Crippen molar-refractivity contribution in [1.29, 1.82) is 0 Å². The van der Waals surface area contributed by atoms with Gasteiger partial charge in [-0.1, -0.05) is 18.2 Å². The lowest BCUT2D eigenvalue weighted by Gasteiger charge is -2.02. The molecule has 0 atom stereocenters. The van der Waals surface area contributed by atoms with Gasteiger partial charge in [-0.3, -0.25) is 4.98 Å². The molecule has 0 saturated heterocycles. The third kappa shape index (κ3) is 1.10. The highest BCUT2D eigenvalue weighted by atomic mass is 16.3. The van der Waals surface area contributed by atoms with E-state index in [4.69, 9.17) is 4.42 Å². The lowest BCUT2D eigenvalue weighted by Crippen LogP contribution is -1.90. The molecule has 0 aliphatic rings. The molecular formula is C14H13NO. The first-order valence-corrected chi connectivity index (χ1v) is 5.43. The van der Waals surface area contributed by atoms with Crippen LogP contribution in [0.3, 0.4) is 0 Å². The smallest absolute Gasteiger partial charge is 0.141 e. The van der Waals surface area contributed by atoms with Crippen LogP contribution in [0.15, 0.2) is 28.7 Å². The van der Waals surface area contributed by atoms with Gasteiger partial charge in [0.15, 0.2) is 0 Å². The monoisotopic (exact) mass is 211 g/mol. The van der Waals surface area contributed by atoms with Crippen molar-refractivity contribution in [1.82, 2.24) is 4.98 Å². The first-order valence-electron chi connectivity index (χ1n) is 5.43. The third-order valence-electron chi connectivity index (χ3n) is 3.18. The fraction of sp³-hybridized carbons (Fsp3) is 0.214. The SMILES string of the molecule is Cc1nc(C)c2c(oc3ccccc32)c1C. The van der Waals surface area contributed by atoms with Crippen LogP contribution in [0.1, 0.15) is 17.0 Å². The molecule has 3 rings (SSSR count). The number of rotatable bonds is 0. The Kier molecular flexibility index (Phi) is 1.81. The minimum absolute atomic E-state index is 0.941. The van der Waals surface area contributed by atoms with Crippen LogP contribution < -0.4 is 0 Å². The topological polar surface area (TPSA) is 26.0 Å². The van der Waals surface area contributed by atoms with Crippen LogP contribution in [0.2, 0.25) is 0 Å². The van der Waals surface area contributed by atoms with E-state index < -0.39 is 0 Å². The van der Waals surface area contributed by atoms with Crippen LogP contribution in [0.5, 0.6) is 0 Å². The number of nitrogens with zero attached hydrogens (tertiary/aromatic N) is 1. The van der Waals surface area contributed by atoms with E-state index in [9.17, 15) is 0 Å². The summed E-state index contributed by atoms with van der Waals surface area (Å²) in [6.45, 7) is 6.12. The molecule has 0 fully saturated rings. The zero-order valence-corrected chi connectivity index (χ0v) is 9.66. The van der Waals surface area contributed by atoms with Crippen molar-refractivity contribution in [2.24, 2.45) is 0 Å². The van der Waals surface area contributed by atoms with Gasteiger partial charge in [-0.2, -0.15) is 0 Å². The molecule has 3 aromatic rings. The van der Waals surface area contributed by atoms with Gasteiger partial charge in [-0.25, -0.2) is 0 Å². The minimum atomic E-state index is 0.941. The summed E-state index contributed by atoms with van der Waals surface area (Å²) in [6.07, 6.45) is 0. The fourth-order valence-electron chi connectivity index (χ4n) is 2.22. The van der Waals surface area contributed by atoms with E-state index in [1.807, 2.05) is 32.0 Å². The van der Waals surface area contributed by atoms with E-state index in [1.54, 1.807) is 0 Å². The Labute approximate surface area is 93.9 Å². The number of hydrogen-bond donors (Lipinski definition) is 0. The van der Waals surface area contributed by atoms with Crippen LogP contribution in [-0.4, -0.2) is 4.98 Å². The van der Waals surface area contributed by atoms with Crippen molar-refractivity contribution in [3.63, 3.8) is 0 Å². The van der Waals surface area contributed by atoms with Crippen molar-refractivity contribution >= 4 is 21.9 Å². The Hall–Kier alpha value is -1.83. The summed E-state index contributed by atoms with van der Waals surface area (Å²) in [5, 5.41) is 2.31. The maximum Gasteiger partial charge on any atom is 0.141 e. The van der Waals surface area contributed by atoms with Gasteiger partial charge in [0, 0.05) is 27.7 Å². The summed E-state index contributed by atoms with van der Waals surface area (Å²) >= 11 is 0. The molecule has 0 unspecified atom stereocenters. The number of aromatic nitrogens is 1. The van der Waals surface area contributed by atoms with Gasteiger partial charge in [0.2, 0.25) is 0 Å². The molecule has 0 saturated carbocycles. The minimum Gasteiger partial charge on any atom is -0.456 e. The maximum atomic E-state index is 5.90. The zero-order chi connectivity index (χ0) is 11.3. The Balaban J connectivity index is 2.64. The summed E-state index contributed by atoms with van der Waals surface area (Å²) in [6, 6.07) is 8.12. The fourth-order valence-corrected chi connectivity index (χ4v) is 2.22. The first-order chi connectivity index (χ1) is 7.68. The van der Waals surface area contributed by atoms with E-state index in [0.717, 1.165) is 38.9 Å². The largest absolute Gasteiger partial charge is 0.456 e. The van der Waals surface area contributed by atoms with Gasteiger partial charge in [-0.05, 0) is 26.8 Å². The highest BCUT2D eigenvalue weighted by Crippen LogP contribution is 2.32. The van der Waals surface area contributed by atoms with Gasteiger partial charge in [0.1, 0.15) is 11.2 Å². The molecule has 0 radical (unpaired) electrons. The lowest BCUT2D eigenvalue weighted by molar-refractivity contribution is 0.664. The van der Waals surface area contributed by atoms with Gasteiger partial charge in [-0.15, -0.1) is 0 Å². The molecule has 2 nitrogen and oxygen atoms in total. The highest BCUT2D eigenvalue weighted by Gasteiger charge is 2.13. The van der Waals surface area contributed by atoms with E-state index >= 15 is 0 Å². The molecule has 0 amide bonds. The zero-order valence-electron chi connectivity index (χ0n) is 9.66. The van der Waals surface area contributed by atoms with Gasteiger partial charge >= 0.3 is 0 Å². The number of benzene rings is 1. The maximum absolute atomic E-state index is 5.90. The Bertz CT molecular complexity index is 695. The van der Waals surface area contributed by atoms with Crippen LogP contribution in [0.25, 0.3) is 21.9 Å². The number of aryl methyl sites for hydroxylation is 3. The summed E-state index contributed by atoms with van der Waals surface area (Å²) in [4.78, 5) is 4.56. The Morgan fingerprint density at radius 2 is 1.75 bits per heavy atom. The number of hydrogen-bond acceptors (Lipinski definition) is 2. The molecule has 80 valence electrons. The predicted octanol–water partition coefficient (Wildman–Crippen LogP) is 3.91. The Morgan fingerprint density at radius 3 is 2.56 bits per heavy atom. The molecule has 2 heteroatoms. The molecular weight excluding hydrogens is 198 g/mol. The quantitative estimate of drug-likeness (QED) is 0.563. The number of furan rings is 1. The normalized spacial score (nSPS) is 11.4. The molecule has 0 spiro atoms. The second-order valence-corrected chi connectivity index (χ2v) is 4.21. The van der Waals surface area contributed by atoms with Crippen molar-refractivity contribution in [3.05, 3.63) is 41.2 Å². The number of para-hydroxylation sites is 1. The van der Waals surface area contributed by atoms with E-state index in [1.165, 1.54) is 0 Å². The third-order valence-corrected chi connectivity index (χ3v) is 3.18. The van der Waals surface area contributed by atoms with E-state index in [0.29, 0.717) is 0 Å². The van der Waals surface area contributed by atoms with Crippen molar-refractivity contribution in [2.45, 2.75) is 20.8 Å². The van der Waals surface area contributed by atoms with E-state index in [2.05, 4.69) is 18.0 Å². The van der Waals surface area contributed by atoms with Crippen molar-refractivity contribution in [2.75, 3.05) is 0 Å². The standard InChI is InChI=1S/C14H13NO/c1-8-9(2)15-10(3)13-11-6-4-5-7-12(11)16-14(8)13/h4-7H,1-3H3. The second-order valence-electron chi connectivity index (χ2n) is 4.21. The summed E-state index contributed by atoms with van der Waals surface area (Å²) in [5.41, 5.74) is 5.14. The van der Waals surface area contributed by atoms with Crippen LogP contribution in [0, 0.1) is 20.8 Å². The summed E-state index contributed by atoms with van der Waals surface area (Å²) < 4.78 is 5.90. The second kappa shape index (κ2) is 3.08. The number of pyridine rings is 1.